The van der Waals surface area contributed by atoms with Crippen LogP contribution < -0.4 is 4.74 Å². The number of ether oxygens (including phenoxy) is 1. The number of benzene rings is 2. The van der Waals surface area contributed by atoms with Gasteiger partial charge in [0.15, 0.2) is 0 Å². The van der Waals surface area contributed by atoms with Crippen molar-refractivity contribution < 1.29 is 4.74 Å². The van der Waals surface area contributed by atoms with Gasteiger partial charge in [-0.05, 0) is 40.2 Å². The Balaban J connectivity index is 2.06. The molecule has 1 aliphatic rings. The lowest BCUT2D eigenvalue weighted by atomic mass is 10.0. The molecule has 1 aliphatic heterocycles. The summed E-state index contributed by atoms with van der Waals surface area (Å²) >= 11 is 0. The third-order valence-corrected chi connectivity index (χ3v) is 6.40. The summed E-state index contributed by atoms with van der Waals surface area (Å²) in [6, 6.07) is 14.9. The molecule has 100 valence electrons. The molecule has 0 aromatic heterocycles. The van der Waals surface area contributed by atoms with E-state index in [-0.39, 0.29) is 10.9 Å². The maximum Gasteiger partial charge on any atom is 0.132 e. The molecule has 0 saturated carbocycles. The molecule has 0 amide bonds. The van der Waals surface area contributed by atoms with Gasteiger partial charge in [-0.3, -0.25) is 0 Å². The predicted octanol–water partition coefficient (Wildman–Crippen LogP) is 4.78. The van der Waals surface area contributed by atoms with Crippen LogP contribution in [0.3, 0.4) is 0 Å². The van der Waals surface area contributed by atoms with Gasteiger partial charge in [0.05, 0.1) is 0 Å². The summed E-state index contributed by atoms with van der Waals surface area (Å²) in [6.07, 6.45) is 1.01. The van der Waals surface area contributed by atoms with E-state index in [2.05, 4.69) is 50.2 Å². The van der Waals surface area contributed by atoms with E-state index in [1.54, 1.807) is 0 Å². The van der Waals surface area contributed by atoms with E-state index in [0.717, 1.165) is 17.9 Å². The molecule has 0 fully saturated rings. The average molecular weight is 272 g/mol. The van der Waals surface area contributed by atoms with Crippen LogP contribution >= 0.6 is 10.9 Å². The van der Waals surface area contributed by atoms with Gasteiger partial charge in [-0.15, -0.1) is 0 Å². The second-order valence-electron chi connectivity index (χ2n) is 4.81. The Morgan fingerprint density at radius 1 is 0.947 bits per heavy atom. The second-order valence-corrected chi connectivity index (χ2v) is 7.64. The van der Waals surface area contributed by atoms with Crippen LogP contribution in [0, 0.1) is 0 Å². The Bertz CT molecular complexity index is 588. The Morgan fingerprint density at radius 2 is 1.68 bits per heavy atom. The number of fused-ring (bicyclic) bond motifs is 2. The molecule has 0 unspecified atom stereocenters. The molecule has 0 bridgehead atoms. The first-order valence-electron chi connectivity index (χ1n) is 6.96. The van der Waals surface area contributed by atoms with Gasteiger partial charge in [-0.1, -0.05) is 38.1 Å². The number of thiol groups is 1. The van der Waals surface area contributed by atoms with Gasteiger partial charge in [0.1, 0.15) is 11.5 Å². The lowest BCUT2D eigenvalue weighted by Crippen LogP contribution is -2.06. The van der Waals surface area contributed by atoms with Crippen LogP contribution in [0.2, 0.25) is 0 Å². The number of hydrogen-bond acceptors (Lipinski definition) is 1. The van der Waals surface area contributed by atoms with Crippen LogP contribution in [0.4, 0.5) is 0 Å². The van der Waals surface area contributed by atoms with Crippen LogP contribution in [0.1, 0.15) is 25.0 Å². The molecule has 2 aromatic carbocycles. The zero-order valence-corrected chi connectivity index (χ0v) is 12.4. The molecular formula is C17H20OS. The minimum atomic E-state index is -0.0353. The third kappa shape index (κ3) is 2.25. The molecule has 2 heteroatoms. The van der Waals surface area contributed by atoms with E-state index in [9.17, 15) is 0 Å². The first-order chi connectivity index (χ1) is 9.33. The summed E-state index contributed by atoms with van der Waals surface area (Å²) in [4.78, 5) is 1.53. The summed E-state index contributed by atoms with van der Waals surface area (Å²) in [5.41, 5.74) is 2.72. The predicted molar refractivity (Wildman–Crippen MR) is 84.1 cm³/mol. The minimum absolute atomic E-state index is 0.0353. The Kier molecular flexibility index (Phi) is 3.52. The van der Waals surface area contributed by atoms with Crippen LogP contribution in [0.15, 0.2) is 47.4 Å². The third-order valence-electron chi connectivity index (χ3n) is 3.77. The van der Waals surface area contributed by atoms with E-state index in [1.807, 2.05) is 6.07 Å². The first-order valence-corrected chi connectivity index (χ1v) is 8.67. The van der Waals surface area contributed by atoms with E-state index < -0.39 is 0 Å². The second kappa shape index (κ2) is 5.30. The molecule has 19 heavy (non-hydrogen) atoms. The van der Waals surface area contributed by atoms with E-state index in [1.165, 1.54) is 27.5 Å². The molecule has 0 radical (unpaired) electrons. The Labute approximate surface area is 118 Å². The topological polar surface area (TPSA) is 9.23 Å². The lowest BCUT2D eigenvalue weighted by molar-refractivity contribution is 0.457. The molecule has 2 aromatic rings. The quantitative estimate of drug-likeness (QED) is 0.675. The molecule has 1 nitrogen and oxygen atoms in total. The normalized spacial score (nSPS) is 13.3. The Hall–Kier alpha value is -1.41. The highest BCUT2D eigenvalue weighted by Crippen LogP contribution is 2.45. The van der Waals surface area contributed by atoms with Crippen molar-refractivity contribution in [2.24, 2.45) is 0 Å². The summed E-state index contributed by atoms with van der Waals surface area (Å²) in [6.45, 7) is 4.60. The molecule has 1 heterocycles. The molecular weight excluding hydrogens is 252 g/mol. The van der Waals surface area contributed by atoms with Gasteiger partial charge in [0.25, 0.3) is 0 Å². The zero-order chi connectivity index (χ0) is 13.2. The molecule has 0 N–H and O–H groups in total. The summed E-state index contributed by atoms with van der Waals surface area (Å²) < 4.78 is 6.07. The van der Waals surface area contributed by atoms with Gasteiger partial charge in [-0.25, -0.2) is 10.9 Å². The highest BCUT2D eigenvalue weighted by molar-refractivity contribution is 8.17. The van der Waals surface area contributed by atoms with Gasteiger partial charge in [-0.2, -0.15) is 0 Å². The largest absolute Gasteiger partial charge is 0.457 e. The van der Waals surface area contributed by atoms with E-state index >= 15 is 0 Å². The molecule has 0 spiro atoms. The fourth-order valence-electron chi connectivity index (χ4n) is 2.75. The van der Waals surface area contributed by atoms with Gasteiger partial charge in [0, 0.05) is 12.0 Å². The zero-order valence-electron chi connectivity index (χ0n) is 11.5. The fourth-order valence-corrected chi connectivity index (χ4v) is 4.74. The van der Waals surface area contributed by atoms with Crippen molar-refractivity contribution in [1.29, 1.82) is 0 Å². The van der Waals surface area contributed by atoms with Crippen molar-refractivity contribution in [3.05, 3.63) is 53.6 Å². The van der Waals surface area contributed by atoms with Crippen molar-refractivity contribution in [1.82, 2.24) is 0 Å². The van der Waals surface area contributed by atoms with E-state index in [0.29, 0.717) is 0 Å². The van der Waals surface area contributed by atoms with Crippen molar-refractivity contribution in [2.75, 3.05) is 11.5 Å². The van der Waals surface area contributed by atoms with Crippen LogP contribution in [-0.4, -0.2) is 11.5 Å². The Morgan fingerprint density at radius 3 is 2.47 bits per heavy atom. The van der Waals surface area contributed by atoms with Crippen LogP contribution in [0.25, 0.3) is 0 Å². The van der Waals surface area contributed by atoms with Gasteiger partial charge < -0.3 is 4.74 Å². The smallest absolute Gasteiger partial charge is 0.132 e. The minimum Gasteiger partial charge on any atom is -0.457 e. The number of para-hydroxylation sites is 1. The van der Waals surface area contributed by atoms with Gasteiger partial charge in [0.2, 0.25) is 0 Å². The molecule has 0 atom stereocenters. The summed E-state index contributed by atoms with van der Waals surface area (Å²) in [5, 5.41) is 0. The molecule has 0 saturated heterocycles. The van der Waals surface area contributed by atoms with Crippen LogP contribution in [0.5, 0.6) is 11.5 Å². The fraction of sp³-hybridized carbons (Fsp3) is 0.294. The van der Waals surface area contributed by atoms with E-state index in [4.69, 9.17) is 4.74 Å². The molecule has 3 rings (SSSR count). The SMILES string of the molecule is CC[SH](CC)c1cccc2c1Cc1ccccc1O2. The van der Waals surface area contributed by atoms with Crippen molar-refractivity contribution >= 4 is 10.9 Å². The summed E-state index contributed by atoms with van der Waals surface area (Å²) in [5.74, 6) is 4.59. The monoisotopic (exact) mass is 272 g/mol. The average Bonchev–Trinajstić information content (AvgIpc) is 2.46. The van der Waals surface area contributed by atoms with Crippen molar-refractivity contribution in [3.8, 4) is 11.5 Å². The highest BCUT2D eigenvalue weighted by Gasteiger charge is 2.20. The van der Waals surface area contributed by atoms with Gasteiger partial charge >= 0.3 is 0 Å². The lowest BCUT2D eigenvalue weighted by Gasteiger charge is -2.27. The number of hydrogen-bond donors (Lipinski definition) is 1. The molecule has 0 aliphatic carbocycles. The maximum atomic E-state index is 6.07. The maximum absolute atomic E-state index is 6.07. The highest BCUT2D eigenvalue weighted by atomic mass is 32.2. The number of rotatable bonds is 3. The van der Waals surface area contributed by atoms with Crippen molar-refractivity contribution in [3.63, 3.8) is 0 Å². The van der Waals surface area contributed by atoms with Crippen LogP contribution in [-0.2, 0) is 6.42 Å². The summed E-state index contributed by atoms with van der Waals surface area (Å²) in [7, 11) is -0.0353. The van der Waals surface area contributed by atoms with Crippen molar-refractivity contribution in [2.45, 2.75) is 25.2 Å². The standard InChI is InChI=1S/C17H20OS/c1-3-19(4-2)17-11-7-10-16-14(17)12-13-8-5-6-9-15(13)18-16/h5-11,19H,3-4,12H2,1-2H3. The first kappa shape index (κ1) is 12.6.